The average Bonchev–Trinajstić information content (AvgIpc) is 3.46. The molecule has 1 aliphatic rings. The largest absolute Gasteiger partial charge is 0.447 e. The second kappa shape index (κ2) is 19.9. The summed E-state index contributed by atoms with van der Waals surface area (Å²) in [7, 11) is 0. The summed E-state index contributed by atoms with van der Waals surface area (Å²) in [4.78, 5) is 38.0. The second-order valence-electron chi connectivity index (χ2n) is 12.1. The van der Waals surface area contributed by atoms with Gasteiger partial charge in [-0.2, -0.15) is 0 Å². The van der Waals surface area contributed by atoms with Gasteiger partial charge in [0.25, 0.3) is 0 Å². The summed E-state index contributed by atoms with van der Waals surface area (Å²) in [5.41, 5.74) is 2.44. The van der Waals surface area contributed by atoms with E-state index >= 15 is 0 Å². The lowest BCUT2D eigenvalue weighted by Gasteiger charge is -2.28. The Bertz CT molecular complexity index is 1270. The van der Waals surface area contributed by atoms with E-state index in [4.69, 9.17) is 9.47 Å². The van der Waals surface area contributed by atoms with Gasteiger partial charge in [0.05, 0.1) is 30.9 Å². The van der Waals surface area contributed by atoms with Crippen molar-refractivity contribution in [3.63, 3.8) is 0 Å². The molecule has 0 radical (unpaired) electrons. The number of aliphatic hydroxyl groups is 1. The summed E-state index contributed by atoms with van der Waals surface area (Å²) >= 11 is 0. The van der Waals surface area contributed by atoms with Crippen LogP contribution in [-0.4, -0.2) is 73.1 Å². The molecule has 1 saturated heterocycles. The number of aliphatic hydroxyl groups excluding tert-OH is 1. The van der Waals surface area contributed by atoms with E-state index in [0.29, 0.717) is 19.4 Å². The van der Waals surface area contributed by atoms with Crippen LogP contribution in [0.3, 0.4) is 0 Å². The molecule has 2 unspecified atom stereocenters. The van der Waals surface area contributed by atoms with E-state index in [1.165, 1.54) is 5.56 Å². The topological polar surface area (TPSA) is 138 Å². The molecule has 2 aromatic carbocycles. The Balaban J connectivity index is 1.74. The summed E-state index contributed by atoms with van der Waals surface area (Å²) in [6.45, 7) is 6.44. The minimum absolute atomic E-state index is 0.0552. The Hall–Kier alpha value is -3.61. The van der Waals surface area contributed by atoms with Crippen LogP contribution in [0.15, 0.2) is 42.5 Å². The number of alkyl carbamates (subject to hydrolysis) is 1. The molecule has 0 spiro atoms. The number of ether oxygens (including phenoxy) is 2. The number of halogens is 2. The van der Waals surface area contributed by atoms with Gasteiger partial charge in [-0.3, -0.25) is 9.59 Å². The number of nitrogens with one attached hydrogen (secondary N) is 4. The fourth-order valence-corrected chi connectivity index (χ4v) is 5.55. The van der Waals surface area contributed by atoms with Crippen molar-refractivity contribution in [2.45, 2.75) is 109 Å². The minimum atomic E-state index is -1.19. The van der Waals surface area contributed by atoms with Gasteiger partial charge >= 0.3 is 6.09 Å². The Morgan fingerprint density at radius 1 is 1.00 bits per heavy atom. The minimum Gasteiger partial charge on any atom is -0.447 e. The van der Waals surface area contributed by atoms with E-state index in [-0.39, 0.29) is 49.8 Å². The van der Waals surface area contributed by atoms with Crippen molar-refractivity contribution < 1.29 is 37.7 Å². The number of aryl methyl sites for hydroxylation is 1. The van der Waals surface area contributed by atoms with Crippen LogP contribution in [-0.2, 0) is 38.4 Å². The molecule has 0 aliphatic carbocycles. The molecule has 0 aromatic heterocycles. The normalized spacial score (nSPS) is 16.4. The highest BCUT2D eigenvalue weighted by atomic mass is 19.1. The van der Waals surface area contributed by atoms with E-state index in [9.17, 15) is 28.3 Å². The maximum Gasteiger partial charge on any atom is 0.407 e. The molecule has 5 N–H and O–H groups in total. The van der Waals surface area contributed by atoms with Crippen LogP contribution < -0.4 is 21.3 Å². The summed E-state index contributed by atoms with van der Waals surface area (Å²) < 4.78 is 39.5. The van der Waals surface area contributed by atoms with Crippen LogP contribution >= 0.6 is 0 Å². The molecular formula is C35H50F2N4O6. The summed E-state index contributed by atoms with van der Waals surface area (Å²) in [5, 5.41) is 22.5. The molecule has 0 bridgehead atoms. The summed E-state index contributed by atoms with van der Waals surface area (Å²) in [5.74, 6) is -2.32. The molecule has 10 nitrogen and oxygen atoms in total. The molecule has 1 fully saturated rings. The number of carbonyl (C=O) groups is 3. The number of rotatable bonds is 20. The second-order valence-corrected chi connectivity index (χ2v) is 12.1. The predicted octanol–water partition coefficient (Wildman–Crippen LogP) is 4.06. The Morgan fingerprint density at radius 3 is 2.34 bits per heavy atom. The first-order chi connectivity index (χ1) is 22.6. The van der Waals surface area contributed by atoms with Crippen LogP contribution in [0.1, 0.15) is 76.0 Å². The number of carbonyl (C=O) groups excluding carboxylic acids is 3. The maximum absolute atomic E-state index is 14.1. The Kier molecular flexibility index (Phi) is 16.0. The lowest BCUT2D eigenvalue weighted by Crippen LogP contribution is -2.56. The zero-order valence-corrected chi connectivity index (χ0v) is 27.7. The van der Waals surface area contributed by atoms with Crippen LogP contribution in [0.4, 0.5) is 13.6 Å². The van der Waals surface area contributed by atoms with Gasteiger partial charge in [0.1, 0.15) is 24.3 Å². The van der Waals surface area contributed by atoms with Gasteiger partial charge in [0.15, 0.2) is 0 Å². The van der Waals surface area contributed by atoms with Crippen molar-refractivity contribution in [2.24, 2.45) is 0 Å². The monoisotopic (exact) mass is 660 g/mol. The third kappa shape index (κ3) is 13.6. The molecule has 1 heterocycles. The molecule has 3 rings (SSSR count). The van der Waals surface area contributed by atoms with Gasteiger partial charge < -0.3 is 35.8 Å². The summed E-state index contributed by atoms with van der Waals surface area (Å²) in [6, 6.07) is 8.60. The van der Waals surface area contributed by atoms with E-state index in [0.717, 1.165) is 55.9 Å². The van der Waals surface area contributed by atoms with Crippen molar-refractivity contribution in [1.29, 1.82) is 0 Å². The van der Waals surface area contributed by atoms with Crippen molar-refractivity contribution in [3.8, 4) is 0 Å². The standard InChI is InChI=1S/C35H50F2N4O6/c1-4-8-29(9-5-2)46-22-31(41-35(45)47-21-28-12-13-33(43)39-28)34(44)40-30(17-25-15-26(36)18-27(37)16-25)32(42)20-38-19-24-11-7-10-23(6-3)14-24/h7,10-11,14-16,18,28-32,38,42H,4-6,8-9,12-13,17,19-22H2,1-3H3,(H,39,43)(H,40,44)(H,41,45)/t28?,30-,31?,32+/m0/s1. The lowest BCUT2D eigenvalue weighted by atomic mass is 10.00. The molecule has 260 valence electrons. The Morgan fingerprint density at radius 2 is 1.70 bits per heavy atom. The quantitative estimate of drug-likeness (QED) is 0.144. The van der Waals surface area contributed by atoms with Crippen molar-refractivity contribution in [3.05, 3.63) is 70.8 Å². The molecule has 1 aliphatic heterocycles. The van der Waals surface area contributed by atoms with E-state index in [1.807, 2.05) is 32.0 Å². The van der Waals surface area contributed by atoms with Gasteiger partial charge in [-0.15, -0.1) is 0 Å². The lowest BCUT2D eigenvalue weighted by molar-refractivity contribution is -0.127. The zero-order valence-electron chi connectivity index (χ0n) is 27.7. The highest BCUT2D eigenvalue weighted by molar-refractivity contribution is 5.86. The molecule has 4 atom stereocenters. The first kappa shape index (κ1) is 37.8. The predicted molar refractivity (Wildman–Crippen MR) is 175 cm³/mol. The van der Waals surface area contributed by atoms with Gasteiger partial charge in [-0.05, 0) is 60.9 Å². The van der Waals surface area contributed by atoms with E-state index in [1.54, 1.807) is 0 Å². The van der Waals surface area contributed by atoms with Crippen molar-refractivity contribution in [1.82, 2.24) is 21.3 Å². The fourth-order valence-electron chi connectivity index (χ4n) is 5.55. The number of hydrogen-bond donors (Lipinski definition) is 5. The van der Waals surface area contributed by atoms with Crippen LogP contribution in [0, 0.1) is 11.6 Å². The number of hydrogen-bond acceptors (Lipinski definition) is 7. The van der Waals surface area contributed by atoms with Gasteiger partial charge in [0, 0.05) is 25.6 Å². The van der Waals surface area contributed by atoms with Crippen molar-refractivity contribution in [2.75, 3.05) is 19.8 Å². The smallest absolute Gasteiger partial charge is 0.407 e. The number of benzene rings is 2. The van der Waals surface area contributed by atoms with E-state index in [2.05, 4.69) is 34.3 Å². The number of amides is 3. The maximum atomic E-state index is 14.1. The molecule has 47 heavy (non-hydrogen) atoms. The van der Waals surface area contributed by atoms with Gasteiger partial charge in [0.2, 0.25) is 11.8 Å². The Labute approximate surface area is 276 Å². The highest BCUT2D eigenvalue weighted by Gasteiger charge is 2.30. The third-order valence-electron chi connectivity index (χ3n) is 8.08. The SMILES string of the molecule is CCCC(CCC)OCC(NC(=O)OCC1CCC(=O)N1)C(=O)N[C@@H](Cc1cc(F)cc(F)c1)[C@H](O)CNCc1cccc(CC)c1. The van der Waals surface area contributed by atoms with E-state index < -0.39 is 41.8 Å². The average molecular weight is 661 g/mol. The third-order valence-corrected chi connectivity index (χ3v) is 8.08. The molecule has 2 aromatic rings. The van der Waals surface area contributed by atoms with Crippen LogP contribution in [0.2, 0.25) is 0 Å². The summed E-state index contributed by atoms with van der Waals surface area (Å²) in [6.07, 6.45) is 2.83. The zero-order chi connectivity index (χ0) is 34.2. The van der Waals surface area contributed by atoms with Crippen LogP contribution in [0.5, 0.6) is 0 Å². The van der Waals surface area contributed by atoms with Crippen LogP contribution in [0.25, 0.3) is 0 Å². The highest BCUT2D eigenvalue weighted by Crippen LogP contribution is 2.14. The fraction of sp³-hybridized carbons (Fsp3) is 0.571. The van der Waals surface area contributed by atoms with Gasteiger partial charge in [-0.1, -0.05) is 57.9 Å². The molecule has 3 amide bonds. The first-order valence-electron chi connectivity index (χ1n) is 16.7. The molecule has 0 saturated carbocycles. The van der Waals surface area contributed by atoms with Crippen molar-refractivity contribution >= 4 is 17.9 Å². The molecule has 12 heteroatoms. The molecular weight excluding hydrogens is 610 g/mol. The first-order valence-corrected chi connectivity index (χ1v) is 16.7. The van der Waals surface area contributed by atoms with Gasteiger partial charge in [-0.25, -0.2) is 13.6 Å².